The van der Waals surface area contributed by atoms with Gasteiger partial charge < -0.3 is 11.1 Å². The lowest BCUT2D eigenvalue weighted by atomic mass is 10.2. The summed E-state index contributed by atoms with van der Waals surface area (Å²) < 4.78 is 41.9. The van der Waals surface area contributed by atoms with Crippen LogP contribution in [0.1, 0.15) is 11.3 Å². The molecule has 0 fully saturated rings. The van der Waals surface area contributed by atoms with E-state index in [2.05, 4.69) is 10.1 Å². The normalized spacial score (nSPS) is 11.1. The first-order chi connectivity index (χ1) is 11.0. The molecule has 23 heavy (non-hydrogen) atoms. The lowest BCUT2D eigenvalue weighted by Gasteiger charge is -2.05. The molecule has 3 N–H and O–H groups in total. The van der Waals surface area contributed by atoms with Crippen molar-refractivity contribution in [2.24, 2.45) is 5.73 Å². The summed E-state index contributed by atoms with van der Waals surface area (Å²) in [5.74, 6) is -2.53. The first-order valence-electron chi connectivity index (χ1n) is 6.74. The van der Waals surface area contributed by atoms with E-state index < -0.39 is 17.5 Å². The minimum absolute atomic E-state index is 0.000800. The molecule has 8 heteroatoms. The van der Waals surface area contributed by atoms with Gasteiger partial charge in [-0.05, 0) is 12.1 Å². The molecule has 0 unspecified atom stereocenters. The molecule has 0 bridgehead atoms. The molecule has 2 heterocycles. The van der Waals surface area contributed by atoms with E-state index >= 15 is 0 Å². The van der Waals surface area contributed by atoms with Gasteiger partial charge in [-0.2, -0.15) is 5.10 Å². The topological polar surface area (TPSA) is 80.6 Å². The van der Waals surface area contributed by atoms with E-state index in [1.165, 1.54) is 22.9 Å². The molecule has 118 valence electrons. The number of benzene rings is 1. The van der Waals surface area contributed by atoms with Crippen molar-refractivity contribution in [3.63, 3.8) is 0 Å². The van der Waals surface area contributed by atoms with Crippen LogP contribution in [-0.4, -0.2) is 27.0 Å². The van der Waals surface area contributed by atoms with E-state index in [1.807, 2.05) is 0 Å². The van der Waals surface area contributed by atoms with Crippen LogP contribution in [0.5, 0.6) is 0 Å². The quantitative estimate of drug-likeness (QED) is 0.724. The molecule has 0 aliphatic carbocycles. The third kappa shape index (κ3) is 2.68. The molecule has 1 aromatic carbocycles. The first-order valence-corrected chi connectivity index (χ1v) is 6.74. The molecule has 0 atom stereocenters. The third-order valence-corrected chi connectivity index (χ3v) is 3.40. The minimum Gasteiger partial charge on any atom is -0.325 e. The van der Waals surface area contributed by atoms with Crippen molar-refractivity contribution in [1.82, 2.24) is 14.8 Å². The number of halogens is 3. The van der Waals surface area contributed by atoms with Crippen molar-refractivity contribution in [3.8, 4) is 0 Å². The molecular formula is C15H12F3N5. The maximum absolute atomic E-state index is 13.8. The van der Waals surface area contributed by atoms with Gasteiger partial charge in [0, 0.05) is 12.1 Å². The molecule has 0 saturated carbocycles. The Labute approximate surface area is 129 Å². The van der Waals surface area contributed by atoms with E-state index in [0.29, 0.717) is 5.39 Å². The predicted octanol–water partition coefficient (Wildman–Crippen LogP) is 2.22. The van der Waals surface area contributed by atoms with Gasteiger partial charge in [-0.25, -0.2) is 22.8 Å². The SMILES string of the molecule is N=C(CN)c1nn(Cc2cccc(F)c2F)c2ncc(F)cc12. The number of nitrogens with one attached hydrogen (secondary N) is 1. The second kappa shape index (κ2) is 5.81. The highest BCUT2D eigenvalue weighted by Crippen LogP contribution is 2.20. The highest BCUT2D eigenvalue weighted by atomic mass is 19.2. The number of nitrogens with zero attached hydrogens (tertiary/aromatic N) is 3. The summed E-state index contributed by atoms with van der Waals surface area (Å²) >= 11 is 0. The summed E-state index contributed by atoms with van der Waals surface area (Å²) in [6.07, 6.45) is 0.998. The van der Waals surface area contributed by atoms with Gasteiger partial charge in [-0.15, -0.1) is 0 Å². The van der Waals surface area contributed by atoms with Gasteiger partial charge >= 0.3 is 0 Å². The Hall–Kier alpha value is -2.74. The fourth-order valence-electron chi connectivity index (χ4n) is 2.30. The zero-order valence-corrected chi connectivity index (χ0v) is 11.9. The summed E-state index contributed by atoms with van der Waals surface area (Å²) in [6, 6.07) is 5.01. The number of aromatic nitrogens is 3. The lowest BCUT2D eigenvalue weighted by Crippen LogP contribution is -2.15. The van der Waals surface area contributed by atoms with Gasteiger partial charge in [0.15, 0.2) is 17.3 Å². The van der Waals surface area contributed by atoms with Crippen molar-refractivity contribution < 1.29 is 13.2 Å². The van der Waals surface area contributed by atoms with Crippen LogP contribution in [0, 0.1) is 22.9 Å². The Morgan fingerprint density at radius 3 is 2.78 bits per heavy atom. The van der Waals surface area contributed by atoms with E-state index in [-0.39, 0.29) is 35.7 Å². The number of rotatable bonds is 4. The van der Waals surface area contributed by atoms with Crippen molar-refractivity contribution in [1.29, 1.82) is 5.41 Å². The highest BCUT2D eigenvalue weighted by molar-refractivity contribution is 6.07. The minimum atomic E-state index is -0.978. The molecule has 2 aromatic heterocycles. The van der Waals surface area contributed by atoms with E-state index in [4.69, 9.17) is 11.1 Å². The van der Waals surface area contributed by atoms with E-state index in [0.717, 1.165) is 12.3 Å². The van der Waals surface area contributed by atoms with Crippen LogP contribution in [0.4, 0.5) is 13.2 Å². The zero-order valence-electron chi connectivity index (χ0n) is 11.9. The van der Waals surface area contributed by atoms with Crippen molar-refractivity contribution in [2.45, 2.75) is 6.54 Å². The lowest BCUT2D eigenvalue weighted by molar-refractivity contribution is 0.493. The van der Waals surface area contributed by atoms with Crippen LogP contribution in [0.2, 0.25) is 0 Å². The van der Waals surface area contributed by atoms with Crippen molar-refractivity contribution in [2.75, 3.05) is 6.54 Å². The number of pyridine rings is 1. The Balaban J connectivity index is 2.14. The molecule has 0 radical (unpaired) electrons. The molecular weight excluding hydrogens is 307 g/mol. The standard InChI is InChI=1S/C15H12F3N5/c16-9-4-10-14(12(20)5-19)22-23(15(10)21-6-9)7-8-2-1-3-11(17)13(8)18/h1-4,6,20H,5,7,19H2. The summed E-state index contributed by atoms with van der Waals surface area (Å²) in [5.41, 5.74) is 5.96. The number of nitrogens with two attached hydrogens (primary N) is 1. The summed E-state index contributed by atoms with van der Waals surface area (Å²) in [5, 5.41) is 12.3. The van der Waals surface area contributed by atoms with Crippen LogP contribution in [-0.2, 0) is 6.54 Å². The van der Waals surface area contributed by atoms with E-state index in [9.17, 15) is 13.2 Å². The molecule has 3 rings (SSSR count). The zero-order chi connectivity index (χ0) is 16.6. The van der Waals surface area contributed by atoms with Crippen LogP contribution in [0.25, 0.3) is 11.0 Å². The van der Waals surface area contributed by atoms with Gasteiger partial charge in [0.1, 0.15) is 11.5 Å². The second-order valence-electron chi connectivity index (χ2n) is 4.93. The number of hydrogen-bond acceptors (Lipinski definition) is 4. The molecule has 3 aromatic rings. The van der Waals surface area contributed by atoms with Gasteiger partial charge in [0.25, 0.3) is 0 Å². The monoisotopic (exact) mass is 319 g/mol. The van der Waals surface area contributed by atoms with E-state index in [1.54, 1.807) is 0 Å². The van der Waals surface area contributed by atoms with Gasteiger partial charge in [0.05, 0.1) is 23.8 Å². The second-order valence-corrected chi connectivity index (χ2v) is 4.93. The first kappa shape index (κ1) is 15.2. The van der Waals surface area contributed by atoms with Gasteiger partial charge in [-0.1, -0.05) is 12.1 Å². The summed E-state index contributed by atoms with van der Waals surface area (Å²) in [4.78, 5) is 3.94. The fourth-order valence-corrected chi connectivity index (χ4v) is 2.30. The van der Waals surface area contributed by atoms with Crippen molar-refractivity contribution >= 4 is 16.7 Å². The Bertz CT molecular complexity index is 904. The molecule has 5 nitrogen and oxygen atoms in total. The molecule has 0 amide bonds. The maximum Gasteiger partial charge on any atom is 0.163 e. The average Bonchev–Trinajstić information content (AvgIpc) is 2.89. The maximum atomic E-state index is 13.8. The Morgan fingerprint density at radius 2 is 2.04 bits per heavy atom. The number of fused-ring (bicyclic) bond motifs is 1. The Kier molecular flexibility index (Phi) is 3.83. The molecule has 0 aliphatic heterocycles. The molecule has 0 aliphatic rings. The molecule has 0 saturated heterocycles. The predicted molar refractivity (Wildman–Crippen MR) is 78.8 cm³/mol. The van der Waals surface area contributed by atoms with Crippen LogP contribution in [0.15, 0.2) is 30.5 Å². The molecule has 0 spiro atoms. The van der Waals surface area contributed by atoms with Crippen molar-refractivity contribution in [3.05, 3.63) is 59.2 Å². The fraction of sp³-hybridized carbons (Fsp3) is 0.133. The summed E-state index contributed by atoms with van der Waals surface area (Å²) in [7, 11) is 0. The van der Waals surface area contributed by atoms with Crippen LogP contribution >= 0.6 is 0 Å². The summed E-state index contributed by atoms with van der Waals surface area (Å²) in [6.45, 7) is -0.187. The van der Waals surface area contributed by atoms with Gasteiger partial charge in [-0.3, -0.25) is 0 Å². The Morgan fingerprint density at radius 1 is 1.26 bits per heavy atom. The third-order valence-electron chi connectivity index (χ3n) is 3.40. The van der Waals surface area contributed by atoms with Crippen LogP contribution in [0.3, 0.4) is 0 Å². The smallest absolute Gasteiger partial charge is 0.163 e. The average molecular weight is 319 g/mol. The highest BCUT2D eigenvalue weighted by Gasteiger charge is 2.17. The van der Waals surface area contributed by atoms with Gasteiger partial charge in [0.2, 0.25) is 0 Å². The van der Waals surface area contributed by atoms with Crippen LogP contribution < -0.4 is 5.73 Å². The number of hydrogen-bond donors (Lipinski definition) is 2. The largest absolute Gasteiger partial charge is 0.325 e.